The zero-order chi connectivity index (χ0) is 30.9. The number of benzene rings is 3. The Balaban J connectivity index is 1.90. The van der Waals surface area contributed by atoms with E-state index in [0.29, 0.717) is 29.2 Å². The van der Waals surface area contributed by atoms with Gasteiger partial charge in [0.2, 0.25) is 21.8 Å². The Morgan fingerprint density at radius 3 is 2.29 bits per heavy atom. The smallest absolute Gasteiger partial charge is 0.243 e. The summed E-state index contributed by atoms with van der Waals surface area (Å²) in [6, 6.07) is 21.7. The Kier molecular flexibility index (Phi) is 12.4. The number of amides is 2. The van der Waals surface area contributed by atoms with Gasteiger partial charge < -0.3 is 10.2 Å². The van der Waals surface area contributed by atoms with Gasteiger partial charge in [-0.3, -0.25) is 13.9 Å². The molecule has 0 unspecified atom stereocenters. The van der Waals surface area contributed by atoms with Gasteiger partial charge in [-0.05, 0) is 60.2 Å². The molecule has 0 radical (unpaired) electrons. The SMILES string of the molecule is Cc1c(Cl)cccc1N(CCCC(=O)N(Cc1cccc(Br)c1)[C@H](Cc1ccccc1)C(=O)NCC(C)C)S(C)(=O)=O. The largest absolute Gasteiger partial charge is 0.354 e. The van der Waals surface area contributed by atoms with Crippen LogP contribution >= 0.6 is 27.5 Å². The van der Waals surface area contributed by atoms with E-state index in [4.69, 9.17) is 11.6 Å². The predicted molar refractivity (Wildman–Crippen MR) is 174 cm³/mol. The van der Waals surface area contributed by atoms with Crippen molar-refractivity contribution >= 4 is 55.1 Å². The molecular formula is C32H39BrClN3O4S. The normalized spacial score (nSPS) is 12.2. The fourth-order valence-electron chi connectivity index (χ4n) is 4.66. The van der Waals surface area contributed by atoms with Gasteiger partial charge in [0.1, 0.15) is 6.04 Å². The van der Waals surface area contributed by atoms with E-state index in [1.165, 1.54) is 4.31 Å². The quantitative estimate of drug-likeness (QED) is 0.215. The Morgan fingerprint density at radius 2 is 1.64 bits per heavy atom. The molecule has 0 aliphatic heterocycles. The number of nitrogens with one attached hydrogen (secondary N) is 1. The maximum Gasteiger partial charge on any atom is 0.243 e. The van der Waals surface area contributed by atoms with Crippen molar-refractivity contribution in [1.29, 1.82) is 0 Å². The molecule has 10 heteroatoms. The average molecular weight is 677 g/mol. The van der Waals surface area contributed by atoms with Crippen LogP contribution in [-0.2, 0) is 32.6 Å². The van der Waals surface area contributed by atoms with Crippen LogP contribution in [0.1, 0.15) is 43.4 Å². The molecule has 0 aliphatic carbocycles. The lowest BCUT2D eigenvalue weighted by Crippen LogP contribution is -2.51. The number of carbonyl (C=O) groups excluding carboxylic acids is 2. The summed E-state index contributed by atoms with van der Waals surface area (Å²) in [5, 5.41) is 3.49. The minimum Gasteiger partial charge on any atom is -0.354 e. The number of sulfonamides is 1. The second kappa shape index (κ2) is 15.5. The molecule has 0 aromatic heterocycles. The van der Waals surface area contributed by atoms with Crippen molar-refractivity contribution < 1.29 is 18.0 Å². The van der Waals surface area contributed by atoms with Gasteiger partial charge in [0, 0.05) is 42.0 Å². The summed E-state index contributed by atoms with van der Waals surface area (Å²) in [4.78, 5) is 29.2. The van der Waals surface area contributed by atoms with Crippen LogP contribution in [0.3, 0.4) is 0 Å². The number of hydrogen-bond donors (Lipinski definition) is 1. The molecule has 0 saturated heterocycles. The third-order valence-corrected chi connectivity index (χ3v) is 8.94. The van der Waals surface area contributed by atoms with Crippen molar-refractivity contribution in [3.8, 4) is 0 Å². The summed E-state index contributed by atoms with van der Waals surface area (Å²) in [7, 11) is -3.63. The fourth-order valence-corrected chi connectivity index (χ4v) is 6.29. The maximum atomic E-state index is 13.9. The third-order valence-electron chi connectivity index (χ3n) is 6.86. The minimum absolute atomic E-state index is 0.0579. The Labute approximate surface area is 263 Å². The van der Waals surface area contributed by atoms with Crippen molar-refractivity contribution in [3.63, 3.8) is 0 Å². The first-order valence-electron chi connectivity index (χ1n) is 13.9. The van der Waals surface area contributed by atoms with E-state index < -0.39 is 16.1 Å². The van der Waals surface area contributed by atoms with Gasteiger partial charge in [0.15, 0.2) is 0 Å². The van der Waals surface area contributed by atoms with Crippen LogP contribution in [-0.4, -0.2) is 50.5 Å². The molecule has 0 heterocycles. The maximum absolute atomic E-state index is 13.9. The van der Waals surface area contributed by atoms with Gasteiger partial charge in [-0.1, -0.05) is 89.9 Å². The van der Waals surface area contributed by atoms with Gasteiger partial charge in [0.05, 0.1) is 11.9 Å². The molecule has 3 rings (SSSR count). The number of hydrogen-bond acceptors (Lipinski definition) is 4. The molecule has 0 bridgehead atoms. The zero-order valence-electron chi connectivity index (χ0n) is 24.5. The Hall–Kier alpha value is -2.88. The molecule has 42 heavy (non-hydrogen) atoms. The molecule has 2 amide bonds. The fraction of sp³-hybridized carbons (Fsp3) is 0.375. The van der Waals surface area contributed by atoms with Crippen molar-refractivity contribution in [3.05, 3.63) is 99.0 Å². The highest BCUT2D eigenvalue weighted by Crippen LogP contribution is 2.28. The van der Waals surface area contributed by atoms with Crippen LogP contribution in [0, 0.1) is 12.8 Å². The summed E-state index contributed by atoms with van der Waals surface area (Å²) in [5.41, 5.74) is 2.95. The monoisotopic (exact) mass is 675 g/mol. The number of nitrogens with zero attached hydrogens (tertiary/aromatic N) is 2. The second-order valence-corrected chi connectivity index (χ2v) is 14.0. The van der Waals surface area contributed by atoms with Gasteiger partial charge in [0.25, 0.3) is 0 Å². The van der Waals surface area contributed by atoms with Crippen molar-refractivity contribution in [1.82, 2.24) is 10.2 Å². The molecule has 3 aromatic carbocycles. The van der Waals surface area contributed by atoms with Crippen molar-refractivity contribution in [2.45, 2.75) is 52.6 Å². The van der Waals surface area contributed by atoms with Crippen LogP contribution in [0.5, 0.6) is 0 Å². The van der Waals surface area contributed by atoms with Gasteiger partial charge >= 0.3 is 0 Å². The number of halogens is 2. The van der Waals surface area contributed by atoms with Crippen molar-refractivity contribution in [2.24, 2.45) is 5.92 Å². The van der Waals surface area contributed by atoms with E-state index in [-0.39, 0.29) is 43.7 Å². The van der Waals surface area contributed by atoms with Crippen LogP contribution in [0.4, 0.5) is 5.69 Å². The molecule has 0 saturated carbocycles. The Morgan fingerprint density at radius 1 is 0.976 bits per heavy atom. The van der Waals surface area contributed by atoms with E-state index in [1.807, 2.05) is 68.4 Å². The highest BCUT2D eigenvalue weighted by molar-refractivity contribution is 9.10. The highest BCUT2D eigenvalue weighted by atomic mass is 79.9. The molecule has 0 fully saturated rings. The van der Waals surface area contributed by atoms with Crippen LogP contribution in [0.2, 0.25) is 5.02 Å². The zero-order valence-corrected chi connectivity index (χ0v) is 27.7. The second-order valence-electron chi connectivity index (χ2n) is 10.8. The highest BCUT2D eigenvalue weighted by Gasteiger charge is 2.31. The van der Waals surface area contributed by atoms with E-state index in [1.54, 1.807) is 30.0 Å². The van der Waals surface area contributed by atoms with E-state index in [0.717, 1.165) is 21.9 Å². The molecular weight excluding hydrogens is 638 g/mol. The molecule has 0 spiro atoms. The third kappa shape index (κ3) is 9.85. The van der Waals surface area contributed by atoms with Crippen LogP contribution in [0.15, 0.2) is 77.3 Å². The van der Waals surface area contributed by atoms with Crippen molar-refractivity contribution in [2.75, 3.05) is 23.7 Å². The first-order chi connectivity index (χ1) is 19.9. The molecule has 0 aliphatic rings. The van der Waals surface area contributed by atoms with Gasteiger partial charge in [-0.15, -0.1) is 0 Å². The van der Waals surface area contributed by atoms with Crippen LogP contribution < -0.4 is 9.62 Å². The first-order valence-corrected chi connectivity index (χ1v) is 17.0. The Bertz CT molecular complexity index is 1470. The van der Waals surface area contributed by atoms with Gasteiger partial charge in [-0.25, -0.2) is 8.42 Å². The summed E-state index contributed by atoms with van der Waals surface area (Å²) in [6.07, 6.45) is 1.81. The summed E-state index contributed by atoms with van der Waals surface area (Å²) >= 11 is 9.78. The topological polar surface area (TPSA) is 86.8 Å². The summed E-state index contributed by atoms with van der Waals surface area (Å²) in [5.74, 6) is -0.201. The average Bonchev–Trinajstić information content (AvgIpc) is 2.93. The lowest BCUT2D eigenvalue weighted by atomic mass is 10.0. The molecule has 1 N–H and O–H groups in total. The van der Waals surface area contributed by atoms with E-state index in [9.17, 15) is 18.0 Å². The lowest BCUT2D eigenvalue weighted by molar-refractivity contribution is -0.141. The lowest BCUT2D eigenvalue weighted by Gasteiger charge is -2.32. The number of rotatable bonds is 14. The van der Waals surface area contributed by atoms with E-state index in [2.05, 4.69) is 21.2 Å². The standard InChI is InChI=1S/C32H39BrClN3O4S/c1-23(2)21-35-32(39)30(20-25-11-6-5-7-12-25)36(22-26-13-8-14-27(33)19-26)31(38)17-10-18-37(42(4,40)41)29-16-9-15-28(34)24(29)3/h5-9,11-16,19,23,30H,10,17-18,20-22H2,1-4H3,(H,35,39)/t30-/m1/s1. The number of carbonyl (C=O) groups is 2. The summed E-state index contributed by atoms with van der Waals surface area (Å²) in [6.45, 7) is 6.63. The van der Waals surface area contributed by atoms with Crippen LogP contribution in [0.25, 0.3) is 0 Å². The predicted octanol–water partition coefficient (Wildman–Crippen LogP) is 6.37. The molecule has 226 valence electrons. The minimum atomic E-state index is -3.63. The molecule has 1 atom stereocenters. The first kappa shape index (κ1) is 33.6. The number of anilines is 1. The molecule has 7 nitrogen and oxygen atoms in total. The van der Waals surface area contributed by atoms with Gasteiger partial charge in [-0.2, -0.15) is 0 Å². The molecule has 3 aromatic rings. The van der Waals surface area contributed by atoms with E-state index >= 15 is 0 Å². The summed E-state index contributed by atoms with van der Waals surface area (Å²) < 4.78 is 27.6.